The molecule has 17 heavy (non-hydrogen) atoms. The lowest BCUT2D eigenvalue weighted by Gasteiger charge is -2.08. The van der Waals surface area contributed by atoms with Gasteiger partial charge in [-0.05, 0) is 17.7 Å². The number of hydrogen-bond acceptors (Lipinski definition) is 5. The molecule has 0 bridgehead atoms. The van der Waals surface area contributed by atoms with Crippen molar-refractivity contribution in [2.45, 2.75) is 6.10 Å². The summed E-state index contributed by atoms with van der Waals surface area (Å²) in [6.45, 7) is 0. The van der Waals surface area contributed by atoms with E-state index in [9.17, 15) is 9.90 Å². The van der Waals surface area contributed by atoms with Gasteiger partial charge in [0, 0.05) is 5.56 Å². The number of aromatic nitrogens is 1. The Morgan fingerprint density at radius 3 is 3.00 bits per heavy atom. The first-order chi connectivity index (χ1) is 8.22. The fraction of sp³-hybridized carbons (Fsp3) is 0.167. The van der Waals surface area contributed by atoms with Gasteiger partial charge in [-0.15, -0.1) is 0 Å². The maximum absolute atomic E-state index is 11.2. The van der Waals surface area contributed by atoms with Crippen LogP contribution in [0.3, 0.4) is 0 Å². The molecule has 0 aliphatic heterocycles. The molecule has 0 saturated heterocycles. The van der Waals surface area contributed by atoms with Gasteiger partial charge in [-0.2, -0.15) is 0 Å². The Labute approximate surface area is 97.7 Å². The minimum atomic E-state index is -1.30. The summed E-state index contributed by atoms with van der Waals surface area (Å²) in [4.78, 5) is 15.2. The van der Waals surface area contributed by atoms with E-state index in [0.717, 1.165) is 0 Å². The van der Waals surface area contributed by atoms with Crippen molar-refractivity contribution in [3.8, 4) is 11.5 Å². The SMILES string of the molecule is COC(=O)C(O)c1cccc(-c2ncco2)c1. The molecule has 88 valence electrons. The topological polar surface area (TPSA) is 72.6 Å². The van der Waals surface area contributed by atoms with Gasteiger partial charge in [0.2, 0.25) is 5.89 Å². The van der Waals surface area contributed by atoms with Crippen molar-refractivity contribution in [2.24, 2.45) is 0 Å². The second-order valence-corrected chi connectivity index (χ2v) is 3.39. The standard InChI is InChI=1S/C12H11NO4/c1-16-12(15)10(14)8-3-2-4-9(7-8)11-13-5-6-17-11/h2-7,10,14H,1H3. The van der Waals surface area contributed by atoms with Crippen molar-refractivity contribution in [2.75, 3.05) is 7.11 Å². The highest BCUT2D eigenvalue weighted by molar-refractivity contribution is 5.76. The number of esters is 1. The number of carbonyl (C=O) groups excluding carboxylic acids is 1. The molecule has 0 aliphatic rings. The van der Waals surface area contributed by atoms with Crippen LogP contribution in [0.15, 0.2) is 41.1 Å². The number of ether oxygens (including phenoxy) is 1. The molecule has 1 atom stereocenters. The molecular weight excluding hydrogens is 222 g/mol. The van der Waals surface area contributed by atoms with Crippen LogP contribution < -0.4 is 0 Å². The highest BCUT2D eigenvalue weighted by atomic mass is 16.5. The minimum Gasteiger partial charge on any atom is -0.467 e. The van der Waals surface area contributed by atoms with Crippen LogP contribution >= 0.6 is 0 Å². The number of hydrogen-bond donors (Lipinski definition) is 1. The average molecular weight is 233 g/mol. The first kappa shape index (κ1) is 11.3. The summed E-state index contributed by atoms with van der Waals surface area (Å²) >= 11 is 0. The molecule has 0 amide bonds. The quantitative estimate of drug-likeness (QED) is 0.814. The number of rotatable bonds is 3. The maximum Gasteiger partial charge on any atom is 0.339 e. The van der Waals surface area contributed by atoms with Gasteiger partial charge in [0.25, 0.3) is 0 Å². The Balaban J connectivity index is 2.32. The van der Waals surface area contributed by atoms with Crippen molar-refractivity contribution in [1.29, 1.82) is 0 Å². The molecule has 0 fully saturated rings. The van der Waals surface area contributed by atoms with E-state index in [0.29, 0.717) is 17.0 Å². The second kappa shape index (κ2) is 4.80. The summed E-state index contributed by atoms with van der Waals surface area (Å²) in [5.74, 6) is -0.265. The van der Waals surface area contributed by atoms with E-state index in [2.05, 4.69) is 9.72 Å². The maximum atomic E-state index is 11.2. The van der Waals surface area contributed by atoms with E-state index in [4.69, 9.17) is 4.42 Å². The number of oxazole rings is 1. The lowest BCUT2D eigenvalue weighted by molar-refractivity contribution is -0.150. The predicted molar refractivity (Wildman–Crippen MR) is 58.9 cm³/mol. The third kappa shape index (κ3) is 2.34. The van der Waals surface area contributed by atoms with Gasteiger partial charge in [-0.3, -0.25) is 0 Å². The predicted octanol–water partition coefficient (Wildman–Crippen LogP) is 1.55. The number of methoxy groups -OCH3 is 1. The highest BCUT2D eigenvalue weighted by Crippen LogP contribution is 2.22. The molecule has 1 unspecified atom stereocenters. The Morgan fingerprint density at radius 1 is 1.53 bits per heavy atom. The first-order valence-electron chi connectivity index (χ1n) is 4.98. The zero-order valence-corrected chi connectivity index (χ0v) is 9.16. The molecule has 5 heteroatoms. The molecule has 1 heterocycles. The summed E-state index contributed by atoms with van der Waals surface area (Å²) in [5.41, 5.74) is 1.13. The van der Waals surface area contributed by atoms with Gasteiger partial charge >= 0.3 is 5.97 Å². The van der Waals surface area contributed by atoms with E-state index in [1.165, 1.54) is 19.6 Å². The van der Waals surface area contributed by atoms with Crippen LogP contribution in [0.2, 0.25) is 0 Å². The van der Waals surface area contributed by atoms with Gasteiger partial charge in [-0.1, -0.05) is 12.1 Å². The van der Waals surface area contributed by atoms with Crippen LogP contribution in [0.1, 0.15) is 11.7 Å². The van der Waals surface area contributed by atoms with E-state index >= 15 is 0 Å². The van der Waals surface area contributed by atoms with Crippen molar-refractivity contribution < 1.29 is 19.1 Å². The van der Waals surface area contributed by atoms with Crippen molar-refractivity contribution in [3.05, 3.63) is 42.3 Å². The van der Waals surface area contributed by atoms with Gasteiger partial charge in [0.15, 0.2) is 6.10 Å². The largest absolute Gasteiger partial charge is 0.467 e. The van der Waals surface area contributed by atoms with Crippen molar-refractivity contribution >= 4 is 5.97 Å². The zero-order valence-electron chi connectivity index (χ0n) is 9.16. The molecule has 0 radical (unpaired) electrons. The molecule has 2 aromatic rings. The molecule has 1 N–H and O–H groups in total. The molecular formula is C12H11NO4. The summed E-state index contributed by atoms with van der Waals surface area (Å²) in [6, 6.07) is 6.75. The van der Waals surface area contributed by atoms with Crippen LogP contribution in [-0.4, -0.2) is 23.2 Å². The smallest absolute Gasteiger partial charge is 0.339 e. The summed E-state index contributed by atoms with van der Waals surface area (Å²) in [5, 5.41) is 9.69. The van der Waals surface area contributed by atoms with Gasteiger partial charge in [0.05, 0.1) is 13.3 Å². The Hall–Kier alpha value is -2.14. The number of benzene rings is 1. The lowest BCUT2D eigenvalue weighted by Crippen LogP contribution is -2.13. The zero-order chi connectivity index (χ0) is 12.3. The Morgan fingerprint density at radius 2 is 2.35 bits per heavy atom. The normalized spacial score (nSPS) is 12.1. The van der Waals surface area contributed by atoms with Crippen LogP contribution in [-0.2, 0) is 9.53 Å². The van der Waals surface area contributed by atoms with Gasteiger partial charge < -0.3 is 14.3 Å². The third-order valence-electron chi connectivity index (χ3n) is 2.31. The number of aliphatic hydroxyl groups is 1. The monoisotopic (exact) mass is 233 g/mol. The molecule has 0 spiro atoms. The number of carbonyl (C=O) groups is 1. The van der Waals surface area contributed by atoms with Crippen LogP contribution in [0.4, 0.5) is 0 Å². The van der Waals surface area contributed by atoms with E-state index in [1.54, 1.807) is 24.3 Å². The Kier molecular flexibility index (Phi) is 3.20. The van der Waals surface area contributed by atoms with E-state index < -0.39 is 12.1 Å². The van der Waals surface area contributed by atoms with Crippen LogP contribution in [0, 0.1) is 0 Å². The van der Waals surface area contributed by atoms with Crippen LogP contribution in [0.25, 0.3) is 11.5 Å². The summed E-state index contributed by atoms with van der Waals surface area (Å²) < 4.78 is 9.60. The second-order valence-electron chi connectivity index (χ2n) is 3.39. The summed E-state index contributed by atoms with van der Waals surface area (Å²) in [7, 11) is 1.23. The van der Waals surface area contributed by atoms with E-state index in [1.807, 2.05) is 0 Å². The molecule has 5 nitrogen and oxygen atoms in total. The molecule has 2 rings (SSSR count). The fourth-order valence-electron chi connectivity index (χ4n) is 1.46. The van der Waals surface area contributed by atoms with Gasteiger partial charge in [-0.25, -0.2) is 9.78 Å². The molecule has 1 aromatic heterocycles. The van der Waals surface area contributed by atoms with Crippen molar-refractivity contribution in [1.82, 2.24) is 4.98 Å². The summed E-state index contributed by atoms with van der Waals surface area (Å²) in [6.07, 6.45) is 1.69. The number of aliphatic hydroxyl groups excluding tert-OH is 1. The third-order valence-corrected chi connectivity index (χ3v) is 2.31. The Bertz CT molecular complexity index is 507. The fourth-order valence-corrected chi connectivity index (χ4v) is 1.46. The molecule has 1 aromatic carbocycles. The van der Waals surface area contributed by atoms with Crippen LogP contribution in [0.5, 0.6) is 0 Å². The minimum absolute atomic E-state index is 0.434. The van der Waals surface area contributed by atoms with Gasteiger partial charge in [0.1, 0.15) is 6.26 Å². The van der Waals surface area contributed by atoms with E-state index in [-0.39, 0.29) is 0 Å². The number of nitrogens with zero attached hydrogens (tertiary/aromatic N) is 1. The highest BCUT2D eigenvalue weighted by Gasteiger charge is 2.18. The van der Waals surface area contributed by atoms with Crippen molar-refractivity contribution in [3.63, 3.8) is 0 Å². The lowest BCUT2D eigenvalue weighted by atomic mass is 10.1. The molecule has 0 aliphatic carbocycles. The average Bonchev–Trinajstić information content (AvgIpc) is 2.91. The molecule has 0 saturated carbocycles. The first-order valence-corrected chi connectivity index (χ1v) is 4.98.